The minimum absolute atomic E-state index is 0.0748. The molecule has 0 aliphatic carbocycles. The van der Waals surface area contributed by atoms with Crippen molar-refractivity contribution in [3.63, 3.8) is 0 Å². The van der Waals surface area contributed by atoms with Gasteiger partial charge in [-0.2, -0.15) is 5.10 Å². The summed E-state index contributed by atoms with van der Waals surface area (Å²) in [6.45, 7) is 1.70. The summed E-state index contributed by atoms with van der Waals surface area (Å²) in [6.07, 6.45) is 0. The van der Waals surface area contributed by atoms with Crippen molar-refractivity contribution in [1.29, 1.82) is 0 Å². The minimum atomic E-state index is -0.528. The fourth-order valence-electron chi connectivity index (χ4n) is 1.73. The smallest absolute Gasteiger partial charge is 0.276 e. The number of para-hydroxylation sites is 1. The molecule has 19 heavy (non-hydrogen) atoms. The topological polar surface area (TPSA) is 72.9 Å². The average molecular weight is 327 g/mol. The first kappa shape index (κ1) is 13.5. The standard InChI is InChI=1S/C12H12BrFN4O/c1-6-9(15)11(18(2)17-6)12(19)16-10-7(13)4-3-5-8(10)14/h3-5H,15H2,1-2H3,(H,16,19). The van der Waals surface area contributed by atoms with E-state index in [4.69, 9.17) is 5.73 Å². The van der Waals surface area contributed by atoms with E-state index >= 15 is 0 Å². The number of aromatic nitrogens is 2. The number of benzene rings is 1. The molecule has 0 aliphatic heterocycles. The Hall–Kier alpha value is -1.89. The number of nitrogens with zero attached hydrogens (tertiary/aromatic N) is 2. The first-order valence-corrected chi connectivity index (χ1v) is 6.25. The van der Waals surface area contributed by atoms with Crippen molar-refractivity contribution in [2.75, 3.05) is 11.1 Å². The van der Waals surface area contributed by atoms with Gasteiger partial charge in [0.05, 0.1) is 17.1 Å². The Bertz CT molecular complexity index is 633. The average Bonchev–Trinajstić information content (AvgIpc) is 2.58. The number of carbonyl (C=O) groups excluding carboxylic acids is 1. The van der Waals surface area contributed by atoms with E-state index in [1.54, 1.807) is 20.0 Å². The molecule has 0 unspecified atom stereocenters. The number of halogens is 2. The molecule has 0 aliphatic rings. The summed E-state index contributed by atoms with van der Waals surface area (Å²) in [4.78, 5) is 12.1. The van der Waals surface area contributed by atoms with Gasteiger partial charge >= 0.3 is 0 Å². The first-order valence-electron chi connectivity index (χ1n) is 5.46. The number of rotatable bonds is 2. The van der Waals surface area contributed by atoms with Gasteiger partial charge < -0.3 is 11.1 Å². The van der Waals surface area contributed by atoms with Crippen LogP contribution in [0.3, 0.4) is 0 Å². The van der Waals surface area contributed by atoms with Gasteiger partial charge in [-0.1, -0.05) is 6.07 Å². The summed E-state index contributed by atoms with van der Waals surface area (Å²) in [6, 6.07) is 4.44. The lowest BCUT2D eigenvalue weighted by Gasteiger charge is -2.09. The van der Waals surface area contributed by atoms with Crippen LogP contribution < -0.4 is 11.1 Å². The van der Waals surface area contributed by atoms with Crippen molar-refractivity contribution in [1.82, 2.24) is 9.78 Å². The highest BCUT2D eigenvalue weighted by molar-refractivity contribution is 9.10. The number of hydrogen-bond acceptors (Lipinski definition) is 3. The highest BCUT2D eigenvalue weighted by atomic mass is 79.9. The minimum Gasteiger partial charge on any atom is -0.395 e. The molecule has 0 fully saturated rings. The number of anilines is 2. The number of amides is 1. The quantitative estimate of drug-likeness (QED) is 0.890. The molecule has 3 N–H and O–H groups in total. The summed E-state index contributed by atoms with van der Waals surface area (Å²) in [5.41, 5.74) is 6.90. The van der Waals surface area contributed by atoms with Crippen molar-refractivity contribution in [3.8, 4) is 0 Å². The van der Waals surface area contributed by atoms with Crippen molar-refractivity contribution in [2.24, 2.45) is 7.05 Å². The largest absolute Gasteiger partial charge is 0.395 e. The number of nitrogen functional groups attached to an aromatic ring is 1. The van der Waals surface area contributed by atoms with Crippen molar-refractivity contribution in [3.05, 3.63) is 39.9 Å². The van der Waals surface area contributed by atoms with Gasteiger partial charge in [-0.05, 0) is 35.0 Å². The molecule has 1 amide bonds. The van der Waals surface area contributed by atoms with Gasteiger partial charge in [-0.25, -0.2) is 4.39 Å². The molecule has 5 nitrogen and oxygen atoms in total. The first-order chi connectivity index (χ1) is 8.91. The molecule has 1 aromatic heterocycles. The van der Waals surface area contributed by atoms with Crippen molar-refractivity contribution in [2.45, 2.75) is 6.92 Å². The molecule has 0 saturated carbocycles. The van der Waals surface area contributed by atoms with Crippen LogP contribution in [0.25, 0.3) is 0 Å². The van der Waals surface area contributed by atoms with E-state index in [-0.39, 0.29) is 17.1 Å². The Kier molecular flexibility index (Phi) is 3.57. The van der Waals surface area contributed by atoms with Gasteiger partial charge in [0.2, 0.25) is 0 Å². The molecule has 100 valence electrons. The van der Waals surface area contributed by atoms with E-state index in [2.05, 4.69) is 26.3 Å². The summed E-state index contributed by atoms with van der Waals surface area (Å²) in [5.74, 6) is -1.04. The maximum absolute atomic E-state index is 13.6. The molecule has 0 saturated heterocycles. The number of nitrogens with two attached hydrogens (primary N) is 1. The molecule has 0 bridgehead atoms. The van der Waals surface area contributed by atoms with E-state index in [9.17, 15) is 9.18 Å². The van der Waals surface area contributed by atoms with Crippen LogP contribution in [0.1, 0.15) is 16.2 Å². The normalized spacial score (nSPS) is 10.5. The second-order valence-corrected chi connectivity index (χ2v) is 4.88. The third kappa shape index (κ3) is 2.46. The van der Waals surface area contributed by atoms with Gasteiger partial charge in [0.25, 0.3) is 5.91 Å². The van der Waals surface area contributed by atoms with Gasteiger partial charge in [0, 0.05) is 11.5 Å². The lowest BCUT2D eigenvalue weighted by Crippen LogP contribution is -2.18. The van der Waals surface area contributed by atoms with E-state index < -0.39 is 11.7 Å². The Morgan fingerprint density at radius 3 is 2.74 bits per heavy atom. The summed E-state index contributed by atoms with van der Waals surface area (Å²) >= 11 is 3.18. The van der Waals surface area contributed by atoms with E-state index in [1.165, 1.54) is 16.8 Å². The van der Waals surface area contributed by atoms with Gasteiger partial charge in [-0.15, -0.1) is 0 Å². The fraction of sp³-hybridized carbons (Fsp3) is 0.167. The summed E-state index contributed by atoms with van der Waals surface area (Å²) in [5, 5.41) is 6.53. The molecular weight excluding hydrogens is 315 g/mol. The highest BCUT2D eigenvalue weighted by Crippen LogP contribution is 2.26. The SMILES string of the molecule is Cc1nn(C)c(C(=O)Nc2c(F)cccc2Br)c1N. The van der Waals surface area contributed by atoms with Crippen molar-refractivity contribution >= 4 is 33.2 Å². The van der Waals surface area contributed by atoms with E-state index in [0.717, 1.165) is 0 Å². The maximum Gasteiger partial charge on any atom is 0.276 e. The summed E-state index contributed by atoms with van der Waals surface area (Å²) in [7, 11) is 1.61. The van der Waals surface area contributed by atoms with Crippen LogP contribution in [0.5, 0.6) is 0 Å². The second-order valence-electron chi connectivity index (χ2n) is 4.02. The third-order valence-electron chi connectivity index (χ3n) is 2.68. The molecular formula is C12H12BrFN4O. The molecule has 0 radical (unpaired) electrons. The van der Waals surface area contributed by atoms with Crippen LogP contribution in [-0.4, -0.2) is 15.7 Å². The van der Waals surface area contributed by atoms with E-state index in [0.29, 0.717) is 10.2 Å². The zero-order valence-corrected chi connectivity index (χ0v) is 12.0. The van der Waals surface area contributed by atoms with Crippen LogP contribution in [0.15, 0.2) is 22.7 Å². The Morgan fingerprint density at radius 1 is 1.53 bits per heavy atom. The Balaban J connectivity index is 2.36. The maximum atomic E-state index is 13.6. The van der Waals surface area contributed by atoms with Crippen LogP contribution in [-0.2, 0) is 7.05 Å². The van der Waals surface area contributed by atoms with Crippen LogP contribution in [0.4, 0.5) is 15.8 Å². The molecule has 1 aromatic carbocycles. The van der Waals surface area contributed by atoms with Gasteiger partial charge in [0.1, 0.15) is 11.5 Å². The predicted molar refractivity (Wildman–Crippen MR) is 74.4 cm³/mol. The molecule has 2 aromatic rings. The lowest BCUT2D eigenvalue weighted by atomic mass is 10.2. The van der Waals surface area contributed by atoms with Crippen LogP contribution in [0, 0.1) is 12.7 Å². The lowest BCUT2D eigenvalue weighted by molar-refractivity contribution is 0.101. The molecule has 0 atom stereocenters. The molecule has 1 heterocycles. The zero-order valence-electron chi connectivity index (χ0n) is 10.4. The number of carbonyl (C=O) groups is 1. The summed E-state index contributed by atoms with van der Waals surface area (Å²) < 4.78 is 15.5. The predicted octanol–water partition coefficient (Wildman–Crippen LogP) is 2.46. The number of nitrogens with one attached hydrogen (secondary N) is 1. The Labute approximate surface area is 117 Å². The van der Waals surface area contributed by atoms with Crippen LogP contribution >= 0.6 is 15.9 Å². The number of hydrogen-bond donors (Lipinski definition) is 2. The molecule has 7 heteroatoms. The van der Waals surface area contributed by atoms with Crippen LogP contribution in [0.2, 0.25) is 0 Å². The van der Waals surface area contributed by atoms with E-state index in [1.807, 2.05) is 0 Å². The van der Waals surface area contributed by atoms with Crippen molar-refractivity contribution < 1.29 is 9.18 Å². The third-order valence-corrected chi connectivity index (χ3v) is 3.35. The number of aryl methyl sites for hydroxylation is 2. The highest BCUT2D eigenvalue weighted by Gasteiger charge is 2.20. The second kappa shape index (κ2) is 5.00. The van der Waals surface area contributed by atoms with Gasteiger partial charge in [0.15, 0.2) is 0 Å². The molecule has 2 rings (SSSR count). The monoisotopic (exact) mass is 326 g/mol. The Morgan fingerprint density at radius 2 is 2.21 bits per heavy atom. The zero-order chi connectivity index (χ0) is 14.2. The molecule has 0 spiro atoms. The van der Waals surface area contributed by atoms with Gasteiger partial charge in [-0.3, -0.25) is 9.48 Å². The fourth-order valence-corrected chi connectivity index (χ4v) is 2.17.